The molecule has 2 aromatic carbocycles. The first kappa shape index (κ1) is 29.4. The Morgan fingerprint density at radius 2 is 0.854 bits per heavy atom. The molecular formula is C42H54N4S2. The van der Waals surface area contributed by atoms with E-state index in [9.17, 15) is 0 Å². The second-order valence-corrected chi connectivity index (χ2v) is 20.6. The largest absolute Gasteiger partial charge is 0.337 e. The molecule has 9 aliphatic rings. The SMILES string of the molecule is c1ccc2c(c1)c1ccccc1n2C1CC2C3C(C1)N1C4CCCCC4SC4CCCC(C41)N3C1CCCC3SC4CCCCC4N2C31. The summed E-state index contributed by atoms with van der Waals surface area (Å²) in [6, 6.07) is 26.3. The maximum absolute atomic E-state index is 3.39. The minimum absolute atomic E-state index is 0.563. The van der Waals surface area contributed by atoms with E-state index in [-0.39, 0.29) is 0 Å². The van der Waals surface area contributed by atoms with Crippen molar-refractivity contribution < 1.29 is 0 Å². The van der Waals surface area contributed by atoms with Crippen molar-refractivity contribution in [1.29, 1.82) is 0 Å². The molecule has 9 fully saturated rings. The van der Waals surface area contributed by atoms with E-state index in [0.29, 0.717) is 18.1 Å². The minimum atomic E-state index is 0.563. The van der Waals surface area contributed by atoms with Gasteiger partial charge < -0.3 is 4.57 Å². The van der Waals surface area contributed by atoms with Crippen LogP contribution < -0.4 is 0 Å². The number of nitrogens with zero attached hydrogens (tertiary/aromatic N) is 4. The van der Waals surface area contributed by atoms with Crippen LogP contribution in [0.15, 0.2) is 48.5 Å². The lowest BCUT2D eigenvalue weighted by atomic mass is 9.66. The van der Waals surface area contributed by atoms with Crippen LogP contribution in [0.3, 0.4) is 0 Å². The maximum Gasteiger partial charge on any atom is 0.0494 e. The van der Waals surface area contributed by atoms with Crippen molar-refractivity contribution >= 4 is 45.3 Å². The number of aromatic nitrogens is 1. The number of para-hydroxylation sites is 2. The van der Waals surface area contributed by atoms with Crippen LogP contribution in [-0.2, 0) is 0 Å². The Labute approximate surface area is 296 Å². The van der Waals surface area contributed by atoms with E-state index >= 15 is 0 Å². The highest BCUT2D eigenvalue weighted by molar-refractivity contribution is 8.00. The molecule has 4 nitrogen and oxygen atoms in total. The molecule has 12 rings (SSSR count). The molecular weight excluding hydrogens is 625 g/mol. The van der Waals surface area contributed by atoms with Crippen LogP contribution in [0.4, 0.5) is 0 Å². The molecule has 0 radical (unpaired) electrons. The number of thioether (sulfide) groups is 2. The molecule has 6 heteroatoms. The lowest BCUT2D eigenvalue weighted by Gasteiger charge is -2.75. The minimum Gasteiger partial charge on any atom is -0.337 e. The van der Waals surface area contributed by atoms with Gasteiger partial charge in [0.2, 0.25) is 0 Å². The smallest absolute Gasteiger partial charge is 0.0494 e. The molecule has 4 aliphatic heterocycles. The predicted molar refractivity (Wildman–Crippen MR) is 202 cm³/mol. The molecule has 0 spiro atoms. The molecule has 0 bridgehead atoms. The van der Waals surface area contributed by atoms with Gasteiger partial charge in [-0.15, -0.1) is 0 Å². The average Bonchev–Trinajstić information content (AvgIpc) is 3.48. The molecule has 1 aromatic heterocycles. The summed E-state index contributed by atoms with van der Waals surface area (Å²) in [5.41, 5.74) is 2.98. The van der Waals surface area contributed by atoms with Gasteiger partial charge in [-0.2, -0.15) is 23.5 Å². The summed E-state index contributed by atoms with van der Waals surface area (Å²) in [5.74, 6) is 0. The first-order valence-electron chi connectivity index (χ1n) is 20.4. The lowest BCUT2D eigenvalue weighted by Crippen LogP contribution is -2.87. The number of piperazine rings is 2. The zero-order chi connectivity index (χ0) is 31.1. The third kappa shape index (κ3) is 3.99. The van der Waals surface area contributed by atoms with Crippen molar-refractivity contribution in [2.24, 2.45) is 0 Å². The molecule has 12 atom stereocenters. The molecule has 0 N–H and O–H groups in total. The van der Waals surface area contributed by atoms with E-state index in [1.165, 1.54) is 125 Å². The fraction of sp³-hybridized carbons (Fsp3) is 0.714. The number of fused-ring (bicyclic) bond motifs is 11. The van der Waals surface area contributed by atoms with Gasteiger partial charge in [0.05, 0.1) is 0 Å². The van der Waals surface area contributed by atoms with Gasteiger partial charge in [-0.3, -0.25) is 14.7 Å². The molecule has 5 aliphatic carbocycles. The first-order valence-corrected chi connectivity index (χ1v) is 22.3. The summed E-state index contributed by atoms with van der Waals surface area (Å²) in [5, 5.41) is 6.40. The molecule has 0 amide bonds. The quantitative estimate of drug-likeness (QED) is 0.255. The molecule has 4 saturated heterocycles. The molecule has 48 heavy (non-hydrogen) atoms. The predicted octanol–water partition coefficient (Wildman–Crippen LogP) is 8.86. The Balaban J connectivity index is 1.07. The fourth-order valence-corrected chi connectivity index (χ4v) is 18.4. The summed E-state index contributed by atoms with van der Waals surface area (Å²) >= 11 is 5.00. The Morgan fingerprint density at radius 3 is 1.40 bits per heavy atom. The average molecular weight is 679 g/mol. The highest BCUT2D eigenvalue weighted by atomic mass is 32.2. The number of hydrogen-bond acceptors (Lipinski definition) is 5. The maximum atomic E-state index is 3.39. The van der Waals surface area contributed by atoms with Gasteiger partial charge in [0.25, 0.3) is 0 Å². The molecule has 12 unspecified atom stereocenters. The van der Waals surface area contributed by atoms with Gasteiger partial charge in [-0.1, -0.05) is 74.9 Å². The third-order valence-electron chi connectivity index (χ3n) is 15.7. The van der Waals surface area contributed by atoms with Gasteiger partial charge in [0.15, 0.2) is 0 Å². The van der Waals surface area contributed by atoms with Crippen molar-refractivity contribution in [2.75, 3.05) is 0 Å². The Kier molecular flexibility index (Phi) is 6.84. The normalized spacial score (nSPS) is 47.1. The number of rotatable bonds is 1. The highest BCUT2D eigenvalue weighted by Crippen LogP contribution is 2.60. The van der Waals surface area contributed by atoms with E-state index in [1.54, 1.807) is 0 Å². The topological polar surface area (TPSA) is 14.7 Å². The number of benzene rings is 2. The van der Waals surface area contributed by atoms with Gasteiger partial charge in [0.1, 0.15) is 0 Å². The van der Waals surface area contributed by atoms with E-state index in [0.717, 1.165) is 63.3 Å². The highest BCUT2D eigenvalue weighted by Gasteiger charge is 2.67. The lowest BCUT2D eigenvalue weighted by molar-refractivity contribution is -0.212. The molecule has 5 heterocycles. The second kappa shape index (κ2) is 11.2. The Bertz CT molecular complexity index is 1600. The van der Waals surface area contributed by atoms with E-state index in [1.807, 2.05) is 0 Å². The van der Waals surface area contributed by atoms with Gasteiger partial charge in [-0.25, -0.2) is 0 Å². The van der Waals surface area contributed by atoms with Gasteiger partial charge in [-0.05, 0) is 76.3 Å². The monoisotopic (exact) mass is 678 g/mol. The summed E-state index contributed by atoms with van der Waals surface area (Å²) in [4.78, 5) is 10.1. The van der Waals surface area contributed by atoms with Crippen LogP contribution in [0.2, 0.25) is 0 Å². The number of hydrogen-bond donors (Lipinski definition) is 0. The zero-order valence-corrected chi connectivity index (χ0v) is 30.3. The first-order chi connectivity index (χ1) is 23.8. The van der Waals surface area contributed by atoms with Crippen molar-refractivity contribution in [3.05, 3.63) is 48.5 Å². The van der Waals surface area contributed by atoms with Gasteiger partial charge >= 0.3 is 0 Å². The molecule has 5 saturated carbocycles. The van der Waals surface area contributed by atoms with E-state index < -0.39 is 0 Å². The van der Waals surface area contributed by atoms with Crippen LogP contribution in [0, 0.1) is 0 Å². The van der Waals surface area contributed by atoms with E-state index in [2.05, 4.69) is 91.3 Å². The fourth-order valence-electron chi connectivity index (χ4n) is 14.4. The summed E-state index contributed by atoms with van der Waals surface area (Å²) in [6.45, 7) is 0. The van der Waals surface area contributed by atoms with Crippen molar-refractivity contribution in [3.8, 4) is 0 Å². The Hall–Kier alpha value is -1.18. The molecule has 254 valence electrons. The van der Waals surface area contributed by atoms with Crippen molar-refractivity contribution in [2.45, 2.75) is 184 Å². The molecule has 3 aromatic rings. The van der Waals surface area contributed by atoms with Crippen molar-refractivity contribution in [1.82, 2.24) is 19.3 Å². The third-order valence-corrected chi connectivity index (χ3v) is 19.2. The van der Waals surface area contributed by atoms with Crippen LogP contribution in [-0.4, -0.2) is 94.6 Å². The van der Waals surface area contributed by atoms with E-state index in [4.69, 9.17) is 0 Å². The standard InChI is InChI=1S/C42H54N4S2/c1-3-13-28-26(11-1)27-12-2-4-14-29(27)43(28)25-23-34-40-35(24-25)45-31-16-6-8-20-37(31)48-39-22-10-18-33(42(39)45)46(40)32-17-9-21-38-41(32)44(34)30-15-5-7-19-36(30)47-38/h1-4,11-14,25,30-42H,5-10,15-24H2. The van der Waals surface area contributed by atoms with Crippen LogP contribution in [0.5, 0.6) is 0 Å². The van der Waals surface area contributed by atoms with Gasteiger partial charge in [0, 0.05) is 103 Å². The van der Waals surface area contributed by atoms with Crippen LogP contribution in [0.1, 0.15) is 109 Å². The summed E-state index contributed by atoms with van der Waals surface area (Å²) in [6.07, 6.45) is 23.2. The van der Waals surface area contributed by atoms with Crippen LogP contribution in [0.25, 0.3) is 21.8 Å². The second-order valence-electron chi connectivity index (χ2n) is 17.6. The summed E-state index contributed by atoms with van der Waals surface area (Å²) in [7, 11) is 0. The zero-order valence-electron chi connectivity index (χ0n) is 28.6. The van der Waals surface area contributed by atoms with Crippen LogP contribution >= 0.6 is 23.5 Å². The van der Waals surface area contributed by atoms with Crippen molar-refractivity contribution in [3.63, 3.8) is 0 Å². The Morgan fingerprint density at radius 1 is 0.417 bits per heavy atom. The summed E-state index contributed by atoms with van der Waals surface area (Å²) < 4.78 is 2.90.